The zero-order chi connectivity index (χ0) is 7.82. The Morgan fingerprint density at radius 3 is 1.30 bits per heavy atom. The Bertz CT molecular complexity index is 200. The molecule has 10 heavy (non-hydrogen) atoms. The highest BCUT2D eigenvalue weighted by atomic mass is 16.1. The van der Waals surface area contributed by atoms with Gasteiger partial charge in [-0.15, -0.1) is 0 Å². The van der Waals surface area contributed by atoms with Crippen molar-refractivity contribution in [3.63, 3.8) is 0 Å². The smallest absolute Gasteiger partial charge is 0.209 e. The number of hydrogen-bond acceptors (Lipinski definition) is 7. The van der Waals surface area contributed by atoms with Crippen LogP contribution in [0, 0.1) is 0 Å². The highest BCUT2D eigenvalue weighted by Crippen LogP contribution is 1.84. The van der Waals surface area contributed by atoms with Crippen molar-refractivity contribution in [2.24, 2.45) is 15.3 Å². The van der Waals surface area contributed by atoms with Crippen LogP contribution in [0.1, 0.15) is 0 Å². The molecule has 0 radical (unpaired) electrons. The third-order valence-electron chi connectivity index (χ3n) is 0.391. The van der Waals surface area contributed by atoms with E-state index < -0.39 is 0 Å². The van der Waals surface area contributed by atoms with Crippen molar-refractivity contribution in [2.75, 3.05) is 0 Å². The molecule has 0 spiro atoms. The van der Waals surface area contributed by atoms with E-state index in [1.165, 1.54) is 0 Å². The maximum absolute atomic E-state index is 9.45. The molecule has 50 valence electrons. The molecule has 0 aromatic rings. The Balaban J connectivity index is 4.39. The van der Waals surface area contributed by atoms with E-state index in [1.807, 2.05) is 0 Å². The predicted octanol–water partition coefficient (Wildman–Crippen LogP) is -0.959. The van der Waals surface area contributed by atoms with E-state index in [0.29, 0.717) is 0 Å². The minimum absolute atomic E-state index is 0.146. The van der Waals surface area contributed by atoms with E-state index in [-0.39, 0.29) is 5.23 Å². The molecule has 0 aromatic heterocycles. The second-order valence-electron chi connectivity index (χ2n) is 0.842. The maximum atomic E-state index is 9.45. The number of hydrogen-bond donors (Lipinski definition) is 0. The average Bonchev–Trinajstić information content (AvgIpc) is 1.90. The van der Waals surface area contributed by atoms with Gasteiger partial charge in [0.25, 0.3) is 18.2 Å². The average molecular weight is 140 g/mol. The number of isocyanates is 3. The summed E-state index contributed by atoms with van der Waals surface area (Å²) in [6.07, 6.45) is 2.98. The fraction of sp³-hybridized carbons (Fsp3) is 0. The van der Waals surface area contributed by atoms with Crippen molar-refractivity contribution in [1.82, 2.24) is 5.23 Å². The van der Waals surface area contributed by atoms with Gasteiger partial charge >= 0.3 is 0 Å². The largest absolute Gasteiger partial charge is 0.261 e. The second-order valence-corrected chi connectivity index (χ2v) is 0.842. The summed E-state index contributed by atoms with van der Waals surface area (Å²) < 4.78 is 0. The molecule has 0 fully saturated rings. The van der Waals surface area contributed by atoms with Crippen LogP contribution in [0.5, 0.6) is 0 Å². The van der Waals surface area contributed by atoms with Gasteiger partial charge in [-0.1, -0.05) is 0 Å². The lowest BCUT2D eigenvalue weighted by molar-refractivity contribution is 0.314. The molecule has 0 bridgehead atoms. The molecule has 0 atom stereocenters. The molecule has 0 aliphatic heterocycles. The zero-order valence-electron chi connectivity index (χ0n) is 4.51. The topological polar surface area (TPSA) is 91.5 Å². The summed E-state index contributed by atoms with van der Waals surface area (Å²) in [5, 5.41) is 8.16. The zero-order valence-corrected chi connectivity index (χ0v) is 4.51. The van der Waals surface area contributed by atoms with Crippen LogP contribution in [0.2, 0.25) is 0 Å². The molecule has 0 aliphatic rings. The standard InChI is InChI=1S/C3N4O3/c8-1-4-7(5-2-9)6-3-10. The molecule has 0 amide bonds. The quantitative estimate of drug-likeness (QED) is 0.286. The van der Waals surface area contributed by atoms with Crippen LogP contribution in [0.15, 0.2) is 15.3 Å². The summed E-state index contributed by atoms with van der Waals surface area (Å²) in [4.78, 5) is 28.4. The van der Waals surface area contributed by atoms with Crippen LogP contribution >= 0.6 is 0 Å². The first-order valence-electron chi connectivity index (χ1n) is 1.88. The minimum atomic E-state index is 0.146. The summed E-state index contributed by atoms with van der Waals surface area (Å²) in [6.45, 7) is 0. The third kappa shape index (κ3) is 3.01. The number of rotatable bonds is 3. The molecule has 0 N–H and O–H groups in total. The van der Waals surface area contributed by atoms with Crippen LogP contribution in [0.4, 0.5) is 0 Å². The van der Waals surface area contributed by atoms with Crippen molar-refractivity contribution >= 4 is 18.2 Å². The van der Waals surface area contributed by atoms with Gasteiger partial charge in [-0.2, -0.15) is 0 Å². The van der Waals surface area contributed by atoms with Crippen LogP contribution in [-0.2, 0) is 14.4 Å². The third-order valence-corrected chi connectivity index (χ3v) is 0.391. The lowest BCUT2D eigenvalue weighted by Gasteiger charge is -1.91. The number of nitrogens with zero attached hydrogens (tertiary/aromatic N) is 4. The fourth-order valence-electron chi connectivity index (χ4n) is 0.177. The summed E-state index contributed by atoms with van der Waals surface area (Å²) >= 11 is 0. The lowest BCUT2D eigenvalue weighted by Crippen LogP contribution is -1.98. The molecule has 0 aliphatic carbocycles. The van der Waals surface area contributed by atoms with Gasteiger partial charge in [-0.05, 0) is 20.5 Å². The Labute approximate surface area is 54.3 Å². The molecule has 7 nitrogen and oxygen atoms in total. The minimum Gasteiger partial charge on any atom is -0.209 e. The molecule has 0 saturated heterocycles. The van der Waals surface area contributed by atoms with E-state index in [4.69, 9.17) is 0 Å². The van der Waals surface area contributed by atoms with Crippen molar-refractivity contribution < 1.29 is 14.4 Å². The summed E-state index contributed by atoms with van der Waals surface area (Å²) in [5.41, 5.74) is 0. The summed E-state index contributed by atoms with van der Waals surface area (Å²) in [6, 6.07) is 0. The van der Waals surface area contributed by atoms with Gasteiger partial charge in [-0.25, -0.2) is 14.4 Å². The number of hydrazone groups is 3. The SMILES string of the molecule is O=C=NN(N=C=O)N=C=O. The number of carbonyl (C=O) groups excluding carboxylic acids is 3. The Hall–Kier alpha value is -2.06. The molecule has 0 aromatic carbocycles. The molecule has 0 heterocycles. The highest BCUT2D eigenvalue weighted by molar-refractivity contribution is 5.36. The Morgan fingerprint density at radius 1 is 0.800 bits per heavy atom. The van der Waals surface area contributed by atoms with Gasteiger partial charge in [0.1, 0.15) is 0 Å². The van der Waals surface area contributed by atoms with Crippen LogP contribution in [-0.4, -0.2) is 23.5 Å². The summed E-state index contributed by atoms with van der Waals surface area (Å²) in [7, 11) is 0. The van der Waals surface area contributed by atoms with Gasteiger partial charge < -0.3 is 0 Å². The monoisotopic (exact) mass is 140 g/mol. The van der Waals surface area contributed by atoms with Gasteiger partial charge in [0.15, 0.2) is 0 Å². The fourth-order valence-corrected chi connectivity index (χ4v) is 0.177. The predicted molar refractivity (Wildman–Crippen MR) is 26.2 cm³/mol. The molecular formula is C3N4O3. The molecule has 7 heteroatoms. The first kappa shape index (κ1) is 7.94. The first-order chi connectivity index (χ1) is 4.85. The van der Waals surface area contributed by atoms with E-state index in [2.05, 4.69) is 15.3 Å². The molecule has 0 unspecified atom stereocenters. The van der Waals surface area contributed by atoms with Crippen LogP contribution in [0.25, 0.3) is 0 Å². The highest BCUT2D eigenvalue weighted by Gasteiger charge is 1.89. The van der Waals surface area contributed by atoms with Crippen molar-refractivity contribution in [2.45, 2.75) is 0 Å². The Morgan fingerprint density at radius 2 is 1.10 bits per heavy atom. The van der Waals surface area contributed by atoms with Gasteiger partial charge in [0.2, 0.25) is 0 Å². The van der Waals surface area contributed by atoms with Gasteiger partial charge in [0, 0.05) is 0 Å². The normalized spacial score (nSPS) is 6.00. The van der Waals surface area contributed by atoms with E-state index in [1.54, 1.807) is 0 Å². The molecular weight excluding hydrogens is 140 g/mol. The van der Waals surface area contributed by atoms with Gasteiger partial charge in [0.05, 0.1) is 0 Å². The van der Waals surface area contributed by atoms with Crippen LogP contribution < -0.4 is 0 Å². The second kappa shape index (κ2) is 5.08. The van der Waals surface area contributed by atoms with Crippen molar-refractivity contribution in [3.8, 4) is 0 Å². The van der Waals surface area contributed by atoms with Crippen molar-refractivity contribution in [3.05, 3.63) is 0 Å². The lowest BCUT2D eigenvalue weighted by atomic mass is 11.5. The first-order valence-corrected chi connectivity index (χ1v) is 1.88. The molecule has 0 saturated carbocycles. The molecule has 0 rings (SSSR count). The van der Waals surface area contributed by atoms with Gasteiger partial charge in [-0.3, -0.25) is 0 Å². The van der Waals surface area contributed by atoms with E-state index >= 15 is 0 Å². The van der Waals surface area contributed by atoms with E-state index in [0.717, 1.165) is 18.2 Å². The summed E-state index contributed by atoms with van der Waals surface area (Å²) in [5.74, 6) is 0. The Kier molecular flexibility index (Phi) is 4.04. The maximum Gasteiger partial charge on any atom is 0.261 e. The van der Waals surface area contributed by atoms with Crippen molar-refractivity contribution in [1.29, 1.82) is 0 Å². The van der Waals surface area contributed by atoms with E-state index in [9.17, 15) is 14.4 Å². The van der Waals surface area contributed by atoms with Crippen LogP contribution in [0.3, 0.4) is 0 Å².